The van der Waals surface area contributed by atoms with E-state index >= 15 is 0 Å². The molecule has 0 atom stereocenters. The van der Waals surface area contributed by atoms with E-state index in [2.05, 4.69) is 36.5 Å². The van der Waals surface area contributed by atoms with Crippen LogP contribution >= 0.6 is 0 Å². The summed E-state index contributed by atoms with van der Waals surface area (Å²) in [7, 11) is 0. The van der Waals surface area contributed by atoms with Crippen LogP contribution in [0.3, 0.4) is 0 Å². The van der Waals surface area contributed by atoms with Gasteiger partial charge in [-0.15, -0.1) is 0 Å². The number of carbonyl (C=O) groups is 1. The molecule has 0 fully saturated rings. The van der Waals surface area contributed by atoms with Crippen molar-refractivity contribution in [2.24, 2.45) is 0 Å². The van der Waals surface area contributed by atoms with Crippen LogP contribution in [0.25, 0.3) is 0 Å². The summed E-state index contributed by atoms with van der Waals surface area (Å²) in [5, 5.41) is 3.35. The fraction of sp³-hybridized carbons (Fsp3) is 0.350. The van der Waals surface area contributed by atoms with Gasteiger partial charge in [-0.1, -0.05) is 37.3 Å². The Kier molecular flexibility index (Phi) is 5.43. The van der Waals surface area contributed by atoms with E-state index < -0.39 is 5.60 Å². The largest absolute Gasteiger partial charge is 0.456 e. The lowest BCUT2D eigenvalue weighted by Gasteiger charge is -2.19. The predicted octanol–water partition coefficient (Wildman–Crippen LogP) is 4.82. The summed E-state index contributed by atoms with van der Waals surface area (Å²) in [4.78, 5) is 12.1. The summed E-state index contributed by atoms with van der Waals surface area (Å²) in [6, 6.07) is 16.0. The highest BCUT2D eigenvalue weighted by molar-refractivity contribution is 5.90. The average molecular weight is 311 g/mol. The van der Waals surface area contributed by atoms with Gasteiger partial charge in [0, 0.05) is 12.2 Å². The molecule has 0 amide bonds. The Morgan fingerprint density at radius 3 is 2.30 bits per heavy atom. The Morgan fingerprint density at radius 1 is 1.04 bits per heavy atom. The molecule has 0 radical (unpaired) electrons. The van der Waals surface area contributed by atoms with E-state index in [1.165, 1.54) is 11.1 Å². The highest BCUT2D eigenvalue weighted by Gasteiger charge is 2.17. The first-order valence-electron chi connectivity index (χ1n) is 8.02. The van der Waals surface area contributed by atoms with Gasteiger partial charge in [-0.2, -0.15) is 0 Å². The zero-order chi connectivity index (χ0) is 16.9. The van der Waals surface area contributed by atoms with Crippen molar-refractivity contribution < 1.29 is 9.53 Å². The number of esters is 1. The molecule has 0 spiro atoms. The van der Waals surface area contributed by atoms with E-state index in [-0.39, 0.29) is 5.97 Å². The maximum absolute atomic E-state index is 12.1. The summed E-state index contributed by atoms with van der Waals surface area (Å²) < 4.78 is 5.40. The van der Waals surface area contributed by atoms with Gasteiger partial charge in [-0.25, -0.2) is 4.79 Å². The maximum atomic E-state index is 12.1. The van der Waals surface area contributed by atoms with E-state index in [1.54, 1.807) is 6.07 Å². The number of ether oxygens (including phenoxy) is 1. The normalized spacial score (nSPS) is 11.1. The first-order chi connectivity index (χ1) is 10.9. The molecule has 2 aromatic carbocycles. The van der Waals surface area contributed by atoms with Crippen LogP contribution in [0.4, 0.5) is 5.69 Å². The van der Waals surface area contributed by atoms with Crippen LogP contribution in [-0.2, 0) is 17.7 Å². The van der Waals surface area contributed by atoms with Crippen molar-refractivity contribution in [3.63, 3.8) is 0 Å². The van der Waals surface area contributed by atoms with E-state index in [9.17, 15) is 4.79 Å². The van der Waals surface area contributed by atoms with Crippen molar-refractivity contribution >= 4 is 11.7 Å². The Hall–Kier alpha value is -2.29. The minimum Gasteiger partial charge on any atom is -0.456 e. The Morgan fingerprint density at radius 2 is 1.70 bits per heavy atom. The topological polar surface area (TPSA) is 38.3 Å². The summed E-state index contributed by atoms with van der Waals surface area (Å²) in [6.07, 6.45) is 1.05. The van der Waals surface area contributed by atoms with Crippen LogP contribution in [0.5, 0.6) is 0 Å². The lowest BCUT2D eigenvalue weighted by Crippen LogP contribution is -2.23. The highest BCUT2D eigenvalue weighted by atomic mass is 16.6. The molecule has 122 valence electrons. The minimum absolute atomic E-state index is 0.298. The first-order valence-corrected chi connectivity index (χ1v) is 8.02. The third kappa shape index (κ3) is 5.44. The smallest absolute Gasteiger partial charge is 0.338 e. The molecule has 2 rings (SSSR count). The van der Waals surface area contributed by atoms with Crippen LogP contribution in [0.15, 0.2) is 48.5 Å². The molecule has 1 N–H and O–H groups in total. The second kappa shape index (κ2) is 7.32. The van der Waals surface area contributed by atoms with Gasteiger partial charge in [-0.05, 0) is 56.5 Å². The van der Waals surface area contributed by atoms with Crippen molar-refractivity contribution in [3.05, 3.63) is 65.2 Å². The van der Waals surface area contributed by atoms with Crippen molar-refractivity contribution in [2.75, 3.05) is 5.32 Å². The molecule has 0 saturated heterocycles. The quantitative estimate of drug-likeness (QED) is 0.805. The van der Waals surface area contributed by atoms with Crippen molar-refractivity contribution in [2.45, 2.75) is 46.3 Å². The molecule has 0 bridgehead atoms. The van der Waals surface area contributed by atoms with Crippen LogP contribution < -0.4 is 5.32 Å². The molecule has 3 heteroatoms. The van der Waals surface area contributed by atoms with Crippen molar-refractivity contribution in [1.82, 2.24) is 0 Å². The molecule has 23 heavy (non-hydrogen) atoms. The lowest BCUT2D eigenvalue weighted by atomic mass is 10.1. The number of benzene rings is 2. The third-order valence-electron chi connectivity index (χ3n) is 3.43. The molecule has 0 aliphatic carbocycles. The monoisotopic (exact) mass is 311 g/mol. The number of rotatable bonds is 5. The van der Waals surface area contributed by atoms with Crippen molar-refractivity contribution in [1.29, 1.82) is 0 Å². The van der Waals surface area contributed by atoms with Gasteiger partial charge in [-0.3, -0.25) is 0 Å². The molecule has 0 saturated carbocycles. The van der Waals surface area contributed by atoms with E-state index in [1.807, 2.05) is 39.0 Å². The van der Waals surface area contributed by atoms with Crippen LogP contribution in [0, 0.1) is 0 Å². The van der Waals surface area contributed by atoms with Gasteiger partial charge in [0.25, 0.3) is 0 Å². The molecular formula is C20H25NO2. The molecule has 0 aromatic heterocycles. The minimum atomic E-state index is -0.485. The predicted molar refractivity (Wildman–Crippen MR) is 94.8 cm³/mol. The van der Waals surface area contributed by atoms with Crippen molar-refractivity contribution in [3.8, 4) is 0 Å². The number of hydrogen-bond donors (Lipinski definition) is 1. The summed E-state index contributed by atoms with van der Waals surface area (Å²) in [5.74, 6) is -0.298. The molecule has 2 aromatic rings. The summed E-state index contributed by atoms with van der Waals surface area (Å²) >= 11 is 0. The number of nitrogens with one attached hydrogen (secondary N) is 1. The fourth-order valence-electron chi connectivity index (χ4n) is 2.19. The number of carbonyl (C=O) groups excluding carboxylic acids is 1. The number of aryl methyl sites for hydroxylation is 1. The van der Waals surface area contributed by atoms with Crippen LogP contribution in [0.1, 0.15) is 49.2 Å². The van der Waals surface area contributed by atoms with Crippen LogP contribution in [0.2, 0.25) is 0 Å². The number of hydrogen-bond acceptors (Lipinski definition) is 3. The van der Waals surface area contributed by atoms with Gasteiger partial charge in [0.2, 0.25) is 0 Å². The molecule has 0 aliphatic rings. The third-order valence-corrected chi connectivity index (χ3v) is 3.43. The fourth-order valence-corrected chi connectivity index (χ4v) is 2.19. The molecule has 0 unspecified atom stereocenters. The number of anilines is 1. The van der Waals surface area contributed by atoms with Gasteiger partial charge >= 0.3 is 5.97 Å². The van der Waals surface area contributed by atoms with Crippen LogP contribution in [-0.4, -0.2) is 11.6 Å². The SMILES string of the molecule is CCc1ccc(CNc2cccc(C(=O)OC(C)(C)C)c2)cc1. The summed E-state index contributed by atoms with van der Waals surface area (Å²) in [6.45, 7) is 8.48. The van der Waals surface area contributed by atoms with Gasteiger partial charge in [0.05, 0.1) is 5.56 Å². The highest BCUT2D eigenvalue weighted by Crippen LogP contribution is 2.16. The van der Waals surface area contributed by atoms with E-state index in [0.29, 0.717) is 5.56 Å². The summed E-state index contributed by atoms with van der Waals surface area (Å²) in [5.41, 5.74) is 3.53. The van der Waals surface area contributed by atoms with E-state index in [0.717, 1.165) is 18.7 Å². The Balaban J connectivity index is 2.00. The molecular weight excluding hydrogens is 286 g/mol. The standard InChI is InChI=1S/C20H25NO2/c1-5-15-9-11-16(12-10-15)14-21-18-8-6-7-17(13-18)19(22)23-20(2,3)4/h6-13,21H,5,14H2,1-4H3. The second-order valence-electron chi connectivity index (χ2n) is 6.61. The Bertz CT molecular complexity index is 654. The second-order valence-corrected chi connectivity index (χ2v) is 6.61. The zero-order valence-electron chi connectivity index (χ0n) is 14.3. The molecule has 0 heterocycles. The van der Waals surface area contributed by atoms with Gasteiger partial charge in [0.15, 0.2) is 0 Å². The van der Waals surface area contributed by atoms with E-state index in [4.69, 9.17) is 4.74 Å². The average Bonchev–Trinajstić information content (AvgIpc) is 2.52. The lowest BCUT2D eigenvalue weighted by molar-refractivity contribution is 0.00696. The Labute approximate surface area is 138 Å². The van der Waals surface area contributed by atoms with Gasteiger partial charge in [0.1, 0.15) is 5.60 Å². The first kappa shape index (κ1) is 17.1. The molecule has 3 nitrogen and oxygen atoms in total. The zero-order valence-corrected chi connectivity index (χ0v) is 14.3. The maximum Gasteiger partial charge on any atom is 0.338 e. The van der Waals surface area contributed by atoms with Gasteiger partial charge < -0.3 is 10.1 Å². The molecule has 0 aliphatic heterocycles.